The van der Waals surface area contributed by atoms with Crippen LogP contribution in [0.4, 0.5) is 0 Å². The summed E-state index contributed by atoms with van der Waals surface area (Å²) in [5, 5.41) is 11.6. The molecule has 0 aromatic carbocycles. The molecule has 148 valence electrons. The van der Waals surface area contributed by atoms with Crippen molar-refractivity contribution in [1.82, 2.24) is 5.32 Å². The number of rotatable bonds is 18. The molecule has 0 saturated carbocycles. The van der Waals surface area contributed by atoms with Gasteiger partial charge in [0.15, 0.2) is 0 Å². The lowest BCUT2D eigenvalue weighted by Crippen LogP contribution is -2.40. The van der Waals surface area contributed by atoms with E-state index in [-0.39, 0.29) is 5.91 Å². The maximum Gasteiger partial charge on any atom is 0.326 e. The Kier molecular flexibility index (Phi) is 17.0. The lowest BCUT2D eigenvalue weighted by atomic mass is 10.0. The van der Waals surface area contributed by atoms with Crippen molar-refractivity contribution >= 4 is 11.9 Å². The molecule has 0 aliphatic rings. The Balaban J connectivity index is 3.37. The van der Waals surface area contributed by atoms with Gasteiger partial charge in [0.1, 0.15) is 6.04 Å². The zero-order chi connectivity index (χ0) is 18.8. The van der Waals surface area contributed by atoms with Gasteiger partial charge in [0.2, 0.25) is 5.91 Å². The number of carboxylic acid groups (broad SMARTS) is 1. The first-order valence-electron chi connectivity index (χ1n) is 10.6. The number of carbonyl (C=O) groups excluding carboxylic acids is 1. The Morgan fingerprint density at radius 3 is 1.56 bits per heavy atom. The minimum atomic E-state index is -0.930. The highest BCUT2D eigenvalue weighted by Crippen LogP contribution is 2.13. The molecule has 0 aliphatic carbocycles. The highest BCUT2D eigenvalue weighted by Gasteiger charge is 2.18. The molecule has 4 nitrogen and oxygen atoms in total. The Morgan fingerprint density at radius 2 is 1.16 bits per heavy atom. The molecule has 0 fully saturated rings. The van der Waals surface area contributed by atoms with Gasteiger partial charge >= 0.3 is 5.97 Å². The molecule has 4 heteroatoms. The summed E-state index contributed by atoms with van der Waals surface area (Å²) in [7, 11) is 0. The number of aliphatic carboxylic acids is 1. The predicted octanol–water partition coefficient (Wildman–Crippen LogP) is 5.84. The summed E-state index contributed by atoms with van der Waals surface area (Å²) in [6.07, 6.45) is 18.4. The number of amides is 1. The van der Waals surface area contributed by atoms with Gasteiger partial charge in [-0.25, -0.2) is 4.79 Å². The van der Waals surface area contributed by atoms with Crippen LogP contribution in [0.15, 0.2) is 0 Å². The number of nitrogens with one attached hydrogen (secondary N) is 1. The Hall–Kier alpha value is -1.06. The largest absolute Gasteiger partial charge is 0.480 e. The minimum absolute atomic E-state index is 0.121. The predicted molar refractivity (Wildman–Crippen MR) is 105 cm³/mol. The van der Waals surface area contributed by atoms with Crippen LogP contribution in [0.3, 0.4) is 0 Å². The molecule has 0 heterocycles. The van der Waals surface area contributed by atoms with Crippen molar-refractivity contribution in [3.63, 3.8) is 0 Å². The van der Waals surface area contributed by atoms with E-state index in [0.29, 0.717) is 12.8 Å². The van der Waals surface area contributed by atoms with Crippen LogP contribution in [0.25, 0.3) is 0 Å². The van der Waals surface area contributed by atoms with Crippen molar-refractivity contribution in [2.75, 3.05) is 0 Å². The fraction of sp³-hybridized carbons (Fsp3) is 0.905. The van der Waals surface area contributed by atoms with E-state index in [9.17, 15) is 9.59 Å². The maximum absolute atomic E-state index is 11.8. The number of hydrogen-bond donors (Lipinski definition) is 2. The second kappa shape index (κ2) is 17.8. The zero-order valence-electron chi connectivity index (χ0n) is 16.7. The first kappa shape index (κ1) is 23.9. The topological polar surface area (TPSA) is 66.4 Å². The van der Waals surface area contributed by atoms with Gasteiger partial charge in [-0.2, -0.15) is 0 Å². The average molecular weight is 356 g/mol. The molecule has 0 aromatic rings. The van der Waals surface area contributed by atoms with E-state index >= 15 is 0 Å². The van der Waals surface area contributed by atoms with Gasteiger partial charge in [-0.15, -0.1) is 0 Å². The second-order valence-electron chi connectivity index (χ2n) is 7.24. The maximum atomic E-state index is 11.8. The Bertz CT molecular complexity index is 331. The molecule has 0 aromatic heterocycles. The Labute approximate surface area is 155 Å². The molecule has 2 N–H and O–H groups in total. The lowest BCUT2D eigenvalue weighted by Gasteiger charge is -2.13. The van der Waals surface area contributed by atoms with Gasteiger partial charge in [-0.3, -0.25) is 4.79 Å². The van der Waals surface area contributed by atoms with Crippen LogP contribution in [0.2, 0.25) is 0 Å². The summed E-state index contributed by atoms with van der Waals surface area (Å²) in [6.45, 7) is 4.18. The van der Waals surface area contributed by atoms with Crippen molar-refractivity contribution in [3.8, 4) is 0 Å². The van der Waals surface area contributed by atoms with Gasteiger partial charge in [0.05, 0.1) is 0 Å². The summed E-state index contributed by atoms with van der Waals surface area (Å²) < 4.78 is 0. The third kappa shape index (κ3) is 16.2. The van der Waals surface area contributed by atoms with E-state index < -0.39 is 12.0 Å². The number of hydrogen-bond acceptors (Lipinski definition) is 2. The van der Waals surface area contributed by atoms with Gasteiger partial charge < -0.3 is 10.4 Å². The molecule has 0 bridgehead atoms. The van der Waals surface area contributed by atoms with E-state index in [0.717, 1.165) is 19.3 Å². The van der Waals surface area contributed by atoms with E-state index in [4.69, 9.17) is 5.11 Å². The van der Waals surface area contributed by atoms with Crippen LogP contribution in [0, 0.1) is 0 Å². The molecular formula is C21H41NO3. The molecule has 0 spiro atoms. The second-order valence-corrected chi connectivity index (χ2v) is 7.24. The third-order valence-electron chi connectivity index (χ3n) is 4.72. The Morgan fingerprint density at radius 1 is 0.720 bits per heavy atom. The number of unbranched alkanes of at least 4 members (excludes halogenated alkanes) is 12. The molecule has 0 rings (SSSR count). The molecule has 0 radical (unpaired) electrons. The molecule has 0 unspecified atom stereocenters. The van der Waals surface area contributed by atoms with Gasteiger partial charge in [0.25, 0.3) is 0 Å². The van der Waals surface area contributed by atoms with E-state index in [1.54, 1.807) is 0 Å². The van der Waals surface area contributed by atoms with Crippen LogP contribution >= 0.6 is 0 Å². The smallest absolute Gasteiger partial charge is 0.326 e. The fourth-order valence-electron chi connectivity index (χ4n) is 3.12. The highest BCUT2D eigenvalue weighted by molar-refractivity contribution is 5.83. The van der Waals surface area contributed by atoms with Crippen LogP contribution < -0.4 is 5.32 Å². The van der Waals surface area contributed by atoms with E-state index in [1.807, 2.05) is 6.92 Å². The lowest BCUT2D eigenvalue weighted by molar-refractivity contribution is -0.142. The molecule has 1 atom stereocenters. The SMILES string of the molecule is CCCCCCCCCCCCCCCC(=O)N[C@@H](CCC)C(=O)O. The third-order valence-corrected chi connectivity index (χ3v) is 4.72. The van der Waals surface area contributed by atoms with E-state index in [1.165, 1.54) is 70.6 Å². The van der Waals surface area contributed by atoms with Crippen molar-refractivity contribution in [2.45, 2.75) is 123 Å². The van der Waals surface area contributed by atoms with Crippen LogP contribution in [-0.2, 0) is 9.59 Å². The molecule has 0 aliphatic heterocycles. The molecule has 25 heavy (non-hydrogen) atoms. The molecule has 0 saturated heterocycles. The van der Waals surface area contributed by atoms with Crippen LogP contribution in [0.5, 0.6) is 0 Å². The van der Waals surface area contributed by atoms with Crippen molar-refractivity contribution in [2.24, 2.45) is 0 Å². The first-order valence-corrected chi connectivity index (χ1v) is 10.6. The van der Waals surface area contributed by atoms with Gasteiger partial charge in [-0.05, 0) is 12.8 Å². The number of carboxylic acids is 1. The average Bonchev–Trinajstić information content (AvgIpc) is 2.58. The highest BCUT2D eigenvalue weighted by atomic mass is 16.4. The standard InChI is InChI=1S/C21H41NO3/c1-3-5-6-7-8-9-10-11-12-13-14-15-16-18-20(23)22-19(17-4-2)21(24)25/h19H,3-18H2,1-2H3,(H,22,23)(H,24,25)/t19-/m0/s1. The zero-order valence-corrected chi connectivity index (χ0v) is 16.7. The summed E-state index contributed by atoms with van der Waals surface area (Å²) in [5.74, 6) is -1.05. The van der Waals surface area contributed by atoms with Crippen molar-refractivity contribution in [1.29, 1.82) is 0 Å². The van der Waals surface area contributed by atoms with E-state index in [2.05, 4.69) is 12.2 Å². The molecular weight excluding hydrogens is 314 g/mol. The van der Waals surface area contributed by atoms with Crippen molar-refractivity contribution < 1.29 is 14.7 Å². The summed E-state index contributed by atoms with van der Waals surface area (Å²) >= 11 is 0. The first-order chi connectivity index (χ1) is 12.1. The van der Waals surface area contributed by atoms with Crippen LogP contribution in [0.1, 0.15) is 117 Å². The van der Waals surface area contributed by atoms with Gasteiger partial charge in [0, 0.05) is 6.42 Å². The van der Waals surface area contributed by atoms with Crippen LogP contribution in [-0.4, -0.2) is 23.0 Å². The summed E-state index contributed by atoms with van der Waals surface area (Å²) in [6, 6.07) is -0.723. The quantitative estimate of drug-likeness (QED) is 0.304. The summed E-state index contributed by atoms with van der Waals surface area (Å²) in [5.41, 5.74) is 0. The summed E-state index contributed by atoms with van der Waals surface area (Å²) in [4.78, 5) is 22.8. The van der Waals surface area contributed by atoms with Gasteiger partial charge in [-0.1, -0.05) is 97.3 Å². The normalized spacial score (nSPS) is 12.1. The molecule has 1 amide bonds. The fourth-order valence-corrected chi connectivity index (χ4v) is 3.12. The minimum Gasteiger partial charge on any atom is -0.480 e. The monoisotopic (exact) mass is 355 g/mol. The number of carbonyl (C=O) groups is 2. The van der Waals surface area contributed by atoms with Crippen molar-refractivity contribution in [3.05, 3.63) is 0 Å².